The Morgan fingerprint density at radius 1 is 1.47 bits per heavy atom. The van der Waals surface area contributed by atoms with Gasteiger partial charge in [0.15, 0.2) is 0 Å². The van der Waals surface area contributed by atoms with Crippen LogP contribution in [0, 0.1) is 0 Å². The average molecular weight is 259 g/mol. The number of ether oxygens (including phenoxy) is 1. The van der Waals surface area contributed by atoms with Crippen LogP contribution in [0.2, 0.25) is 0 Å². The van der Waals surface area contributed by atoms with Gasteiger partial charge in [0, 0.05) is 18.6 Å². The molecule has 0 atom stereocenters. The number of amides is 1. The van der Waals surface area contributed by atoms with Crippen molar-refractivity contribution in [3.63, 3.8) is 0 Å². The predicted molar refractivity (Wildman–Crippen MR) is 65.9 cm³/mol. The van der Waals surface area contributed by atoms with Crippen LogP contribution in [0.15, 0.2) is 4.79 Å². The lowest BCUT2D eigenvalue weighted by Crippen LogP contribution is -2.30. The third kappa shape index (κ3) is 4.18. The minimum atomic E-state index is -0.599. The van der Waals surface area contributed by atoms with Crippen molar-refractivity contribution in [2.24, 2.45) is 0 Å². The molecule has 0 aliphatic heterocycles. The van der Waals surface area contributed by atoms with E-state index in [9.17, 15) is 9.59 Å². The fraction of sp³-hybridized carbons (Fsp3) is 0.700. The molecule has 0 saturated carbocycles. The highest BCUT2D eigenvalue weighted by molar-refractivity contribution is 7.09. The molecule has 0 aliphatic rings. The zero-order valence-corrected chi connectivity index (χ0v) is 10.9. The molecule has 0 aromatic carbocycles. The number of nitrogens with one attached hydrogen (secondary N) is 1. The normalized spacial score (nSPS) is 10.2. The van der Waals surface area contributed by atoms with Gasteiger partial charge in [0.1, 0.15) is 0 Å². The maximum atomic E-state index is 11.3. The number of hydrogen-bond donors (Lipinski definition) is 1. The van der Waals surface area contributed by atoms with Crippen LogP contribution < -0.4 is 15.7 Å². The predicted octanol–water partition coefficient (Wildman–Crippen LogP) is 1.45. The summed E-state index contributed by atoms with van der Waals surface area (Å²) in [6.07, 6.45) is 4.37. The van der Waals surface area contributed by atoms with Crippen LogP contribution in [0.1, 0.15) is 32.6 Å². The van der Waals surface area contributed by atoms with Crippen LogP contribution in [0.4, 0.5) is 4.79 Å². The summed E-state index contributed by atoms with van der Waals surface area (Å²) in [4.78, 5) is 26.2. The summed E-state index contributed by atoms with van der Waals surface area (Å²) in [6.45, 7) is 2.67. The SMILES string of the molecule is CCCCCCOc1nc(=O)n(C(=O)NC)s1. The summed E-state index contributed by atoms with van der Waals surface area (Å²) in [5.74, 6) is 0. The number of hydrogen-bond acceptors (Lipinski definition) is 5. The number of carbonyl (C=O) groups excluding carboxylic acids is 1. The molecule has 0 bridgehead atoms. The van der Waals surface area contributed by atoms with Crippen LogP contribution >= 0.6 is 11.5 Å². The van der Waals surface area contributed by atoms with Gasteiger partial charge >= 0.3 is 11.7 Å². The molecular weight excluding hydrogens is 242 g/mol. The summed E-state index contributed by atoms with van der Waals surface area (Å²) < 4.78 is 6.25. The van der Waals surface area contributed by atoms with Crippen molar-refractivity contribution in [3.8, 4) is 5.19 Å². The van der Waals surface area contributed by atoms with E-state index in [0.29, 0.717) is 6.61 Å². The molecule has 0 saturated heterocycles. The van der Waals surface area contributed by atoms with Crippen molar-refractivity contribution in [2.75, 3.05) is 13.7 Å². The lowest BCUT2D eigenvalue weighted by atomic mass is 10.2. The number of nitrogens with zero attached hydrogens (tertiary/aromatic N) is 2. The standard InChI is InChI=1S/C10H17N3O3S/c1-3-4-5-6-7-16-10-12-9(15)13(17-10)8(14)11-2/h3-7H2,1-2H3,(H,11,14). The monoisotopic (exact) mass is 259 g/mol. The van der Waals surface area contributed by atoms with Crippen LogP contribution in [0.5, 0.6) is 5.19 Å². The first kappa shape index (κ1) is 13.7. The topological polar surface area (TPSA) is 73.2 Å². The summed E-state index contributed by atoms with van der Waals surface area (Å²) >= 11 is 0.915. The summed E-state index contributed by atoms with van der Waals surface area (Å²) in [6, 6.07) is -0.492. The van der Waals surface area contributed by atoms with Crippen LogP contribution in [0.3, 0.4) is 0 Å². The van der Waals surface area contributed by atoms with Gasteiger partial charge in [-0.2, -0.15) is 3.96 Å². The molecule has 1 aromatic heterocycles. The van der Waals surface area contributed by atoms with E-state index >= 15 is 0 Å². The Kier molecular flexibility index (Phi) is 5.68. The molecule has 0 aliphatic carbocycles. The molecule has 0 unspecified atom stereocenters. The molecule has 1 heterocycles. The minimum absolute atomic E-state index is 0.245. The Morgan fingerprint density at radius 3 is 2.88 bits per heavy atom. The summed E-state index contributed by atoms with van der Waals surface area (Å²) in [5, 5.41) is 2.60. The highest BCUT2D eigenvalue weighted by Crippen LogP contribution is 2.12. The molecule has 17 heavy (non-hydrogen) atoms. The van der Waals surface area contributed by atoms with Crippen molar-refractivity contribution in [1.29, 1.82) is 0 Å². The van der Waals surface area contributed by atoms with Crippen LogP contribution in [-0.4, -0.2) is 28.6 Å². The molecule has 1 N–H and O–H groups in total. The van der Waals surface area contributed by atoms with Crippen molar-refractivity contribution >= 4 is 17.6 Å². The Balaban J connectivity index is 2.45. The Morgan fingerprint density at radius 2 is 2.24 bits per heavy atom. The van der Waals surface area contributed by atoms with E-state index in [0.717, 1.165) is 28.3 Å². The van der Waals surface area contributed by atoms with Gasteiger partial charge in [-0.25, -0.2) is 9.59 Å². The third-order valence-corrected chi connectivity index (χ3v) is 3.02. The Labute approximate surface area is 104 Å². The van der Waals surface area contributed by atoms with Gasteiger partial charge in [-0.15, -0.1) is 4.98 Å². The second-order valence-corrected chi connectivity index (χ2v) is 4.41. The highest BCUT2D eigenvalue weighted by Gasteiger charge is 2.12. The lowest BCUT2D eigenvalue weighted by Gasteiger charge is -2.00. The molecule has 1 rings (SSSR count). The van der Waals surface area contributed by atoms with E-state index < -0.39 is 11.7 Å². The molecule has 1 aromatic rings. The van der Waals surface area contributed by atoms with Crippen molar-refractivity contribution < 1.29 is 9.53 Å². The molecule has 0 spiro atoms. The van der Waals surface area contributed by atoms with E-state index in [1.807, 2.05) is 0 Å². The molecule has 1 amide bonds. The van der Waals surface area contributed by atoms with Crippen LogP contribution in [-0.2, 0) is 0 Å². The van der Waals surface area contributed by atoms with Gasteiger partial charge in [0.25, 0.3) is 5.19 Å². The van der Waals surface area contributed by atoms with Gasteiger partial charge < -0.3 is 10.1 Å². The van der Waals surface area contributed by atoms with Crippen molar-refractivity contribution in [3.05, 3.63) is 10.5 Å². The number of aromatic nitrogens is 2. The highest BCUT2D eigenvalue weighted by atomic mass is 32.1. The van der Waals surface area contributed by atoms with E-state index in [1.54, 1.807) is 0 Å². The molecule has 6 nitrogen and oxygen atoms in total. The van der Waals surface area contributed by atoms with Gasteiger partial charge in [-0.3, -0.25) is 0 Å². The zero-order valence-electron chi connectivity index (χ0n) is 10.1. The van der Waals surface area contributed by atoms with Gasteiger partial charge in [-0.1, -0.05) is 26.2 Å². The number of unbranched alkanes of at least 4 members (excludes halogenated alkanes) is 3. The van der Waals surface area contributed by atoms with E-state index in [-0.39, 0.29) is 5.19 Å². The van der Waals surface area contributed by atoms with E-state index in [2.05, 4.69) is 17.2 Å². The summed E-state index contributed by atoms with van der Waals surface area (Å²) in [7, 11) is 1.46. The Hall–Kier alpha value is -1.37. The van der Waals surface area contributed by atoms with E-state index in [4.69, 9.17) is 4.74 Å². The maximum absolute atomic E-state index is 11.3. The lowest BCUT2D eigenvalue weighted by molar-refractivity contribution is 0.245. The maximum Gasteiger partial charge on any atom is 0.369 e. The fourth-order valence-corrected chi connectivity index (χ4v) is 1.94. The second-order valence-electron chi connectivity index (χ2n) is 3.51. The van der Waals surface area contributed by atoms with Crippen molar-refractivity contribution in [2.45, 2.75) is 32.6 Å². The molecule has 0 fully saturated rings. The fourth-order valence-electron chi connectivity index (χ4n) is 1.24. The number of rotatable bonds is 6. The molecular formula is C10H17N3O3S. The first-order valence-corrected chi connectivity index (χ1v) is 6.41. The Bertz CT molecular complexity index is 413. The van der Waals surface area contributed by atoms with E-state index in [1.165, 1.54) is 19.9 Å². The average Bonchev–Trinajstić information content (AvgIpc) is 2.69. The van der Waals surface area contributed by atoms with Crippen LogP contribution in [0.25, 0.3) is 0 Å². The first-order valence-electron chi connectivity index (χ1n) is 5.64. The summed E-state index contributed by atoms with van der Waals surface area (Å²) in [5.41, 5.74) is -0.599. The third-order valence-electron chi connectivity index (χ3n) is 2.15. The molecule has 96 valence electrons. The van der Waals surface area contributed by atoms with Gasteiger partial charge in [-0.05, 0) is 6.42 Å². The quantitative estimate of drug-likeness (QED) is 0.785. The smallest absolute Gasteiger partial charge is 0.369 e. The molecule has 0 radical (unpaired) electrons. The number of carbonyl (C=O) groups is 1. The van der Waals surface area contributed by atoms with Gasteiger partial charge in [0.2, 0.25) is 0 Å². The molecule has 7 heteroatoms. The minimum Gasteiger partial charge on any atom is -0.469 e. The zero-order chi connectivity index (χ0) is 12.7. The first-order chi connectivity index (χ1) is 8.19. The van der Waals surface area contributed by atoms with Gasteiger partial charge in [0.05, 0.1) is 6.61 Å². The van der Waals surface area contributed by atoms with Crippen molar-refractivity contribution in [1.82, 2.24) is 14.3 Å². The largest absolute Gasteiger partial charge is 0.469 e. The second kappa shape index (κ2) is 7.05.